The third kappa shape index (κ3) is 3.24. The Labute approximate surface area is 133 Å². The molecule has 1 saturated heterocycles. The number of piperidine rings is 1. The summed E-state index contributed by atoms with van der Waals surface area (Å²) >= 11 is 0. The van der Waals surface area contributed by atoms with E-state index in [1.165, 1.54) is 24.3 Å². The SMILES string of the molecule is O=C(c1cccc(-c2c(F)cccc2F)c1)N1CCC[C@H](O)C1. The van der Waals surface area contributed by atoms with Gasteiger partial charge in [-0.2, -0.15) is 0 Å². The van der Waals surface area contributed by atoms with Crippen LogP contribution < -0.4 is 0 Å². The first-order valence-corrected chi connectivity index (χ1v) is 7.58. The molecule has 0 aliphatic carbocycles. The molecule has 1 amide bonds. The first-order valence-electron chi connectivity index (χ1n) is 7.58. The van der Waals surface area contributed by atoms with Crippen molar-refractivity contribution in [2.75, 3.05) is 13.1 Å². The van der Waals surface area contributed by atoms with E-state index >= 15 is 0 Å². The summed E-state index contributed by atoms with van der Waals surface area (Å²) in [5.41, 5.74) is 0.545. The molecular formula is C18H17F2NO2. The second-order valence-electron chi connectivity index (χ2n) is 5.72. The number of hydrogen-bond donors (Lipinski definition) is 1. The predicted molar refractivity (Wildman–Crippen MR) is 82.9 cm³/mol. The topological polar surface area (TPSA) is 40.5 Å². The Morgan fingerprint density at radius 3 is 2.52 bits per heavy atom. The van der Waals surface area contributed by atoms with Gasteiger partial charge in [0, 0.05) is 18.7 Å². The number of aliphatic hydroxyl groups is 1. The third-order valence-corrected chi connectivity index (χ3v) is 4.04. The number of hydrogen-bond acceptors (Lipinski definition) is 2. The summed E-state index contributed by atoms with van der Waals surface area (Å²) in [5, 5.41) is 9.69. The van der Waals surface area contributed by atoms with E-state index in [-0.39, 0.29) is 18.0 Å². The number of carbonyl (C=O) groups excluding carboxylic acids is 1. The van der Waals surface area contributed by atoms with Gasteiger partial charge in [0.2, 0.25) is 0 Å². The van der Waals surface area contributed by atoms with Crippen LogP contribution in [0.2, 0.25) is 0 Å². The standard InChI is InChI=1S/C18H17F2NO2/c19-15-7-2-8-16(20)17(15)12-4-1-5-13(10-12)18(23)21-9-3-6-14(22)11-21/h1-2,4-5,7-8,10,14,22H,3,6,9,11H2/t14-/m0/s1. The monoisotopic (exact) mass is 317 g/mol. The molecule has 2 aromatic carbocycles. The highest BCUT2D eigenvalue weighted by Crippen LogP contribution is 2.27. The molecular weight excluding hydrogens is 300 g/mol. The van der Waals surface area contributed by atoms with Gasteiger partial charge in [0.15, 0.2) is 0 Å². The van der Waals surface area contributed by atoms with Crippen LogP contribution in [0.15, 0.2) is 42.5 Å². The average Bonchev–Trinajstić information content (AvgIpc) is 2.54. The summed E-state index contributed by atoms with van der Waals surface area (Å²) < 4.78 is 27.8. The minimum Gasteiger partial charge on any atom is -0.391 e. The van der Waals surface area contributed by atoms with Crippen LogP contribution in [0.3, 0.4) is 0 Å². The lowest BCUT2D eigenvalue weighted by atomic mass is 10.0. The fourth-order valence-electron chi connectivity index (χ4n) is 2.90. The molecule has 2 aromatic rings. The molecule has 0 bridgehead atoms. The Morgan fingerprint density at radius 1 is 1.13 bits per heavy atom. The third-order valence-electron chi connectivity index (χ3n) is 4.04. The van der Waals surface area contributed by atoms with Crippen molar-refractivity contribution in [3.8, 4) is 11.1 Å². The van der Waals surface area contributed by atoms with E-state index in [9.17, 15) is 18.7 Å². The van der Waals surface area contributed by atoms with Crippen molar-refractivity contribution in [3.63, 3.8) is 0 Å². The van der Waals surface area contributed by atoms with Crippen LogP contribution in [0.4, 0.5) is 8.78 Å². The second-order valence-corrected chi connectivity index (χ2v) is 5.72. The van der Waals surface area contributed by atoms with Crippen molar-refractivity contribution >= 4 is 5.91 Å². The molecule has 0 aromatic heterocycles. The Kier molecular flexibility index (Phi) is 4.39. The van der Waals surface area contributed by atoms with Crippen molar-refractivity contribution in [2.45, 2.75) is 18.9 Å². The number of benzene rings is 2. The van der Waals surface area contributed by atoms with Crippen molar-refractivity contribution in [1.82, 2.24) is 4.90 Å². The Morgan fingerprint density at radius 2 is 1.83 bits per heavy atom. The fraction of sp³-hybridized carbons (Fsp3) is 0.278. The van der Waals surface area contributed by atoms with E-state index < -0.39 is 17.7 Å². The lowest BCUT2D eigenvalue weighted by molar-refractivity contribution is 0.0474. The molecule has 1 atom stereocenters. The number of likely N-dealkylation sites (tertiary alicyclic amines) is 1. The normalized spacial score (nSPS) is 18.0. The van der Waals surface area contributed by atoms with Crippen molar-refractivity contribution in [2.24, 2.45) is 0 Å². The highest BCUT2D eigenvalue weighted by atomic mass is 19.1. The van der Waals surface area contributed by atoms with E-state index in [2.05, 4.69) is 0 Å². The van der Waals surface area contributed by atoms with E-state index in [4.69, 9.17) is 0 Å². The number of carbonyl (C=O) groups is 1. The molecule has 1 fully saturated rings. The number of rotatable bonds is 2. The zero-order valence-electron chi connectivity index (χ0n) is 12.5. The smallest absolute Gasteiger partial charge is 0.253 e. The number of amides is 1. The van der Waals surface area contributed by atoms with Crippen LogP contribution in [-0.4, -0.2) is 35.1 Å². The summed E-state index contributed by atoms with van der Waals surface area (Å²) in [6.07, 6.45) is 0.915. The van der Waals surface area contributed by atoms with Gasteiger partial charge < -0.3 is 10.0 Å². The maximum Gasteiger partial charge on any atom is 0.253 e. The first-order chi connectivity index (χ1) is 11.1. The Bertz CT molecular complexity index is 712. The number of β-amino-alcohol motifs (C(OH)–C–C–N with tert-alkyl or cyclic N) is 1. The molecule has 1 aliphatic rings. The van der Waals surface area contributed by atoms with Crippen LogP contribution in [-0.2, 0) is 0 Å². The molecule has 120 valence electrons. The molecule has 0 unspecified atom stereocenters. The van der Waals surface area contributed by atoms with Gasteiger partial charge in [0.05, 0.1) is 11.7 Å². The molecule has 0 saturated carbocycles. The molecule has 5 heteroatoms. The highest BCUT2D eigenvalue weighted by molar-refractivity contribution is 5.95. The molecule has 1 heterocycles. The number of aliphatic hydroxyl groups excluding tert-OH is 1. The molecule has 1 aliphatic heterocycles. The van der Waals surface area contributed by atoms with Crippen LogP contribution >= 0.6 is 0 Å². The Hall–Kier alpha value is -2.27. The van der Waals surface area contributed by atoms with Crippen LogP contribution in [0, 0.1) is 11.6 Å². The van der Waals surface area contributed by atoms with E-state index in [1.54, 1.807) is 23.1 Å². The molecule has 0 radical (unpaired) electrons. The largest absolute Gasteiger partial charge is 0.391 e. The number of nitrogens with zero attached hydrogens (tertiary/aromatic N) is 1. The van der Waals surface area contributed by atoms with Gasteiger partial charge in [0.25, 0.3) is 5.91 Å². The van der Waals surface area contributed by atoms with Crippen LogP contribution in [0.1, 0.15) is 23.2 Å². The van der Waals surface area contributed by atoms with Crippen molar-refractivity contribution in [3.05, 3.63) is 59.7 Å². The zero-order chi connectivity index (χ0) is 16.4. The second kappa shape index (κ2) is 6.46. The van der Waals surface area contributed by atoms with Crippen LogP contribution in [0.5, 0.6) is 0 Å². The summed E-state index contributed by atoms with van der Waals surface area (Å²) in [7, 11) is 0. The van der Waals surface area contributed by atoms with E-state index in [0.29, 0.717) is 24.1 Å². The van der Waals surface area contributed by atoms with Gasteiger partial charge in [-0.1, -0.05) is 18.2 Å². The minimum absolute atomic E-state index is 0.138. The van der Waals surface area contributed by atoms with Gasteiger partial charge in [-0.15, -0.1) is 0 Å². The number of halogens is 2. The highest BCUT2D eigenvalue weighted by Gasteiger charge is 2.23. The first kappa shape index (κ1) is 15.6. The molecule has 3 rings (SSSR count). The van der Waals surface area contributed by atoms with E-state index in [1.807, 2.05) is 0 Å². The van der Waals surface area contributed by atoms with Crippen molar-refractivity contribution < 1.29 is 18.7 Å². The van der Waals surface area contributed by atoms with Gasteiger partial charge in [-0.25, -0.2) is 8.78 Å². The lowest BCUT2D eigenvalue weighted by Crippen LogP contribution is -2.42. The molecule has 0 spiro atoms. The predicted octanol–water partition coefficient (Wildman–Crippen LogP) is 3.23. The molecule has 3 nitrogen and oxygen atoms in total. The van der Waals surface area contributed by atoms with Gasteiger partial charge in [-0.3, -0.25) is 4.79 Å². The van der Waals surface area contributed by atoms with Crippen LogP contribution in [0.25, 0.3) is 11.1 Å². The van der Waals surface area contributed by atoms with Gasteiger partial charge in [0.1, 0.15) is 11.6 Å². The maximum atomic E-state index is 13.9. The quantitative estimate of drug-likeness (QED) is 0.924. The lowest BCUT2D eigenvalue weighted by Gasteiger charge is -2.30. The van der Waals surface area contributed by atoms with Gasteiger partial charge >= 0.3 is 0 Å². The average molecular weight is 317 g/mol. The minimum atomic E-state index is -0.664. The maximum absolute atomic E-state index is 13.9. The molecule has 1 N–H and O–H groups in total. The molecule has 23 heavy (non-hydrogen) atoms. The summed E-state index contributed by atoms with van der Waals surface area (Å²) in [6, 6.07) is 9.97. The fourth-order valence-corrected chi connectivity index (χ4v) is 2.90. The zero-order valence-corrected chi connectivity index (χ0v) is 12.5. The summed E-state index contributed by atoms with van der Waals surface area (Å²) in [4.78, 5) is 14.1. The summed E-state index contributed by atoms with van der Waals surface area (Å²) in [6.45, 7) is 0.866. The van der Waals surface area contributed by atoms with Crippen molar-refractivity contribution in [1.29, 1.82) is 0 Å². The van der Waals surface area contributed by atoms with E-state index in [0.717, 1.165) is 6.42 Å². The Balaban J connectivity index is 1.92. The summed E-state index contributed by atoms with van der Waals surface area (Å²) in [5.74, 6) is -1.56. The van der Waals surface area contributed by atoms with Gasteiger partial charge in [-0.05, 0) is 42.7 Å².